The van der Waals surface area contributed by atoms with Crippen LogP contribution in [0.2, 0.25) is 0 Å². The third-order valence-corrected chi connectivity index (χ3v) is 2.69. The third-order valence-electron chi connectivity index (χ3n) is 2.69. The number of ether oxygens (including phenoxy) is 1. The van der Waals surface area contributed by atoms with Crippen molar-refractivity contribution in [3.63, 3.8) is 0 Å². The highest BCUT2D eigenvalue weighted by Gasteiger charge is 2.48. The zero-order valence-electron chi connectivity index (χ0n) is 10.8. The van der Waals surface area contributed by atoms with Crippen molar-refractivity contribution in [1.29, 1.82) is 0 Å². The Labute approximate surface area is 101 Å². The van der Waals surface area contributed by atoms with Gasteiger partial charge in [-0.1, -0.05) is 0 Å². The van der Waals surface area contributed by atoms with Crippen LogP contribution in [-0.2, 0) is 10.3 Å². The third kappa shape index (κ3) is 2.78. The normalized spacial score (nSPS) is 17.6. The fraction of sp³-hybridized carbons (Fsp3) is 0.667. The summed E-state index contributed by atoms with van der Waals surface area (Å²) in [4.78, 5) is 11.7. The predicted molar refractivity (Wildman–Crippen MR) is 63.6 cm³/mol. The van der Waals surface area contributed by atoms with Crippen molar-refractivity contribution in [2.24, 2.45) is 0 Å². The Balaban J connectivity index is 2.02. The zero-order valence-corrected chi connectivity index (χ0v) is 10.8. The molecule has 0 radical (unpaired) electrons. The Morgan fingerprint density at radius 3 is 2.59 bits per heavy atom. The van der Waals surface area contributed by atoms with Crippen LogP contribution in [0.4, 0.5) is 4.79 Å². The minimum atomic E-state index is -0.471. The lowest BCUT2D eigenvalue weighted by atomic mass is 10.1. The van der Waals surface area contributed by atoms with Crippen molar-refractivity contribution in [3.05, 3.63) is 17.5 Å². The summed E-state index contributed by atoms with van der Waals surface area (Å²) in [5.74, 6) is 0. The van der Waals surface area contributed by atoms with Crippen LogP contribution in [0.1, 0.15) is 45.0 Å². The van der Waals surface area contributed by atoms with E-state index in [0.29, 0.717) is 0 Å². The first-order valence-electron chi connectivity index (χ1n) is 5.84. The number of hydrogen-bond acceptors (Lipinski definition) is 3. The fourth-order valence-electron chi connectivity index (χ4n) is 1.73. The highest BCUT2D eigenvalue weighted by atomic mass is 16.6. The molecule has 1 heterocycles. The van der Waals surface area contributed by atoms with Crippen molar-refractivity contribution in [1.82, 2.24) is 15.5 Å². The average Bonchev–Trinajstić information content (AvgIpc) is 2.77. The van der Waals surface area contributed by atoms with E-state index in [1.54, 1.807) is 0 Å². The Kier molecular flexibility index (Phi) is 2.64. The number of rotatable bonds is 2. The first-order chi connectivity index (χ1) is 7.81. The lowest BCUT2D eigenvalue weighted by Crippen LogP contribution is -2.39. The maximum Gasteiger partial charge on any atom is 0.408 e. The lowest BCUT2D eigenvalue weighted by molar-refractivity contribution is 0.0494. The molecule has 0 unspecified atom stereocenters. The number of aryl methyl sites for hydroxylation is 1. The maximum absolute atomic E-state index is 11.7. The molecule has 1 aromatic rings. The Morgan fingerprint density at radius 1 is 1.53 bits per heavy atom. The molecule has 1 aromatic heterocycles. The quantitative estimate of drug-likeness (QED) is 0.828. The topological polar surface area (TPSA) is 67.0 Å². The van der Waals surface area contributed by atoms with Gasteiger partial charge in [0.15, 0.2) is 0 Å². The first-order valence-corrected chi connectivity index (χ1v) is 5.84. The molecule has 0 saturated heterocycles. The molecule has 1 amide bonds. The summed E-state index contributed by atoms with van der Waals surface area (Å²) in [6.45, 7) is 7.50. The Morgan fingerprint density at radius 2 is 2.18 bits per heavy atom. The van der Waals surface area contributed by atoms with E-state index in [1.807, 2.05) is 33.8 Å². The summed E-state index contributed by atoms with van der Waals surface area (Å²) in [5.41, 5.74) is 1.10. The largest absolute Gasteiger partial charge is 0.444 e. The minimum absolute atomic E-state index is 0.312. The summed E-state index contributed by atoms with van der Waals surface area (Å²) in [5, 5.41) is 10.0. The molecule has 2 N–H and O–H groups in total. The highest BCUT2D eigenvalue weighted by Crippen LogP contribution is 2.44. The van der Waals surface area contributed by atoms with Crippen molar-refractivity contribution >= 4 is 6.09 Å². The van der Waals surface area contributed by atoms with Gasteiger partial charge in [0.05, 0.1) is 11.2 Å². The SMILES string of the molecule is Cc1cc(C2(NC(=O)OC(C)(C)C)CC2)n[nH]1. The average molecular weight is 237 g/mol. The summed E-state index contributed by atoms with van der Waals surface area (Å²) in [6.07, 6.45) is 1.45. The van der Waals surface area contributed by atoms with Crippen LogP contribution in [-0.4, -0.2) is 21.9 Å². The molecule has 0 bridgehead atoms. The van der Waals surface area contributed by atoms with E-state index in [0.717, 1.165) is 24.2 Å². The monoisotopic (exact) mass is 237 g/mol. The summed E-state index contributed by atoms with van der Waals surface area (Å²) >= 11 is 0. The van der Waals surface area contributed by atoms with Crippen LogP contribution in [0.15, 0.2) is 6.07 Å². The van der Waals surface area contributed by atoms with Crippen LogP contribution < -0.4 is 5.32 Å². The van der Waals surface area contributed by atoms with E-state index in [1.165, 1.54) is 0 Å². The number of H-pyrrole nitrogens is 1. The zero-order chi connectivity index (χ0) is 12.7. The Hall–Kier alpha value is -1.52. The number of amides is 1. The van der Waals surface area contributed by atoms with Crippen molar-refractivity contribution in [3.8, 4) is 0 Å². The van der Waals surface area contributed by atoms with E-state index in [-0.39, 0.29) is 11.6 Å². The van der Waals surface area contributed by atoms with Gasteiger partial charge in [0.25, 0.3) is 0 Å². The van der Waals surface area contributed by atoms with Crippen LogP contribution in [0.25, 0.3) is 0 Å². The van der Waals surface area contributed by atoms with Crippen molar-refractivity contribution in [2.45, 2.75) is 51.7 Å². The van der Waals surface area contributed by atoms with E-state index in [9.17, 15) is 4.79 Å². The number of hydrogen-bond donors (Lipinski definition) is 2. The van der Waals surface area contributed by atoms with Gasteiger partial charge in [-0.05, 0) is 46.6 Å². The number of aromatic nitrogens is 2. The van der Waals surface area contributed by atoms with Gasteiger partial charge in [-0.25, -0.2) is 4.79 Å². The summed E-state index contributed by atoms with van der Waals surface area (Å²) in [6, 6.07) is 1.96. The molecule has 5 heteroatoms. The van der Waals surface area contributed by atoms with Crippen LogP contribution >= 0.6 is 0 Å². The molecule has 2 rings (SSSR count). The molecule has 0 aromatic carbocycles. The molecule has 1 aliphatic carbocycles. The second kappa shape index (κ2) is 3.75. The molecule has 0 atom stereocenters. The molecule has 5 nitrogen and oxygen atoms in total. The first kappa shape index (κ1) is 12.0. The van der Waals surface area contributed by atoms with E-state index >= 15 is 0 Å². The number of carbonyl (C=O) groups excluding carboxylic acids is 1. The Bertz CT molecular complexity index is 427. The second-order valence-corrected chi connectivity index (χ2v) is 5.65. The predicted octanol–water partition coefficient (Wildman–Crippen LogP) is 2.23. The molecule has 1 saturated carbocycles. The van der Waals surface area contributed by atoms with E-state index in [4.69, 9.17) is 4.74 Å². The van der Waals surface area contributed by atoms with Gasteiger partial charge in [-0.2, -0.15) is 5.10 Å². The summed E-state index contributed by atoms with van der Waals surface area (Å²) in [7, 11) is 0. The number of nitrogens with zero attached hydrogens (tertiary/aromatic N) is 1. The van der Waals surface area contributed by atoms with E-state index in [2.05, 4.69) is 15.5 Å². The number of alkyl carbamates (subject to hydrolysis) is 1. The second-order valence-electron chi connectivity index (χ2n) is 5.65. The molecular formula is C12H19N3O2. The van der Waals surface area contributed by atoms with Crippen molar-refractivity contribution < 1.29 is 9.53 Å². The van der Waals surface area contributed by atoms with Gasteiger partial charge < -0.3 is 10.1 Å². The van der Waals surface area contributed by atoms with E-state index < -0.39 is 5.60 Å². The number of nitrogens with one attached hydrogen (secondary N) is 2. The van der Waals surface area contributed by atoms with Gasteiger partial charge >= 0.3 is 6.09 Å². The molecule has 0 aliphatic heterocycles. The molecule has 1 aliphatic rings. The van der Waals surface area contributed by atoms with Gasteiger partial charge in [0.1, 0.15) is 5.60 Å². The van der Waals surface area contributed by atoms with Crippen LogP contribution in [0, 0.1) is 6.92 Å². The van der Waals surface area contributed by atoms with Gasteiger partial charge in [-0.15, -0.1) is 0 Å². The number of carbonyl (C=O) groups is 1. The smallest absolute Gasteiger partial charge is 0.408 e. The van der Waals surface area contributed by atoms with Gasteiger partial charge in [0, 0.05) is 5.69 Å². The minimum Gasteiger partial charge on any atom is -0.444 e. The molecule has 94 valence electrons. The molecule has 0 spiro atoms. The van der Waals surface area contributed by atoms with Gasteiger partial charge in [0.2, 0.25) is 0 Å². The molecular weight excluding hydrogens is 218 g/mol. The molecule has 17 heavy (non-hydrogen) atoms. The summed E-state index contributed by atoms with van der Waals surface area (Å²) < 4.78 is 5.25. The molecule has 1 fully saturated rings. The number of aromatic amines is 1. The van der Waals surface area contributed by atoms with Gasteiger partial charge in [-0.3, -0.25) is 5.10 Å². The maximum atomic E-state index is 11.7. The lowest BCUT2D eigenvalue weighted by Gasteiger charge is -2.22. The highest BCUT2D eigenvalue weighted by molar-refractivity contribution is 5.69. The fourth-order valence-corrected chi connectivity index (χ4v) is 1.73. The van der Waals surface area contributed by atoms with Crippen LogP contribution in [0.5, 0.6) is 0 Å². The standard InChI is InChI=1S/C12H19N3O2/c1-8-7-9(15-14-8)12(5-6-12)13-10(16)17-11(2,3)4/h7H,5-6H2,1-4H3,(H,13,16)(H,14,15). The van der Waals surface area contributed by atoms with Crippen LogP contribution in [0.3, 0.4) is 0 Å². The van der Waals surface area contributed by atoms with Crippen molar-refractivity contribution in [2.75, 3.05) is 0 Å².